The standard InChI is InChI=1S/C13H23N3O2/c1-3-5-10(17)9-15-12-7-6-11(14)13(16-12)18-8-4-2/h6-7,10,17H,3-5,8-9,14H2,1-2H3,(H,15,16). The van der Waals surface area contributed by atoms with Crippen LogP contribution in [-0.2, 0) is 0 Å². The van der Waals surface area contributed by atoms with Gasteiger partial charge in [-0.3, -0.25) is 0 Å². The molecule has 0 amide bonds. The highest BCUT2D eigenvalue weighted by Crippen LogP contribution is 2.21. The van der Waals surface area contributed by atoms with Crippen molar-refractivity contribution in [1.82, 2.24) is 4.98 Å². The van der Waals surface area contributed by atoms with E-state index < -0.39 is 0 Å². The molecule has 0 aromatic carbocycles. The van der Waals surface area contributed by atoms with Gasteiger partial charge < -0.3 is 20.9 Å². The third-order valence-electron chi connectivity index (χ3n) is 2.47. The Morgan fingerprint density at radius 1 is 1.39 bits per heavy atom. The minimum Gasteiger partial charge on any atom is -0.476 e. The number of nitrogen functional groups attached to an aromatic ring is 1. The highest BCUT2D eigenvalue weighted by Gasteiger charge is 2.06. The average molecular weight is 253 g/mol. The van der Waals surface area contributed by atoms with Crippen molar-refractivity contribution >= 4 is 11.5 Å². The highest BCUT2D eigenvalue weighted by atomic mass is 16.5. The maximum absolute atomic E-state index is 9.63. The van der Waals surface area contributed by atoms with Gasteiger partial charge in [-0.1, -0.05) is 20.3 Å². The first kappa shape index (κ1) is 14.6. The summed E-state index contributed by atoms with van der Waals surface area (Å²) in [4.78, 5) is 4.27. The lowest BCUT2D eigenvalue weighted by Crippen LogP contribution is -2.19. The topological polar surface area (TPSA) is 80.4 Å². The number of nitrogens with one attached hydrogen (secondary N) is 1. The Morgan fingerprint density at radius 2 is 2.17 bits per heavy atom. The van der Waals surface area contributed by atoms with Crippen LogP contribution < -0.4 is 15.8 Å². The number of hydrogen-bond donors (Lipinski definition) is 3. The normalized spacial score (nSPS) is 12.2. The van der Waals surface area contributed by atoms with Gasteiger partial charge >= 0.3 is 0 Å². The SMILES string of the molecule is CCCOc1nc(NCC(O)CCC)ccc1N. The van der Waals surface area contributed by atoms with Crippen LogP contribution in [0, 0.1) is 0 Å². The van der Waals surface area contributed by atoms with E-state index in [-0.39, 0.29) is 6.10 Å². The van der Waals surface area contributed by atoms with Crippen molar-refractivity contribution in [2.24, 2.45) is 0 Å². The summed E-state index contributed by atoms with van der Waals surface area (Å²) in [5.74, 6) is 1.12. The van der Waals surface area contributed by atoms with E-state index in [0.717, 1.165) is 19.3 Å². The second-order valence-corrected chi connectivity index (χ2v) is 4.26. The van der Waals surface area contributed by atoms with Crippen LogP contribution in [0.15, 0.2) is 12.1 Å². The third kappa shape index (κ3) is 4.79. The fourth-order valence-corrected chi connectivity index (χ4v) is 1.52. The second kappa shape index (κ2) is 7.76. The lowest BCUT2D eigenvalue weighted by molar-refractivity contribution is 0.176. The van der Waals surface area contributed by atoms with Crippen molar-refractivity contribution in [2.45, 2.75) is 39.2 Å². The summed E-state index contributed by atoms with van der Waals surface area (Å²) in [6.45, 7) is 5.15. The summed E-state index contributed by atoms with van der Waals surface area (Å²) in [5.41, 5.74) is 6.30. The van der Waals surface area contributed by atoms with Crippen molar-refractivity contribution in [3.63, 3.8) is 0 Å². The van der Waals surface area contributed by atoms with Crippen LogP contribution >= 0.6 is 0 Å². The molecule has 1 atom stereocenters. The molecule has 0 bridgehead atoms. The number of hydrogen-bond acceptors (Lipinski definition) is 5. The first-order valence-corrected chi connectivity index (χ1v) is 6.48. The molecule has 102 valence electrons. The smallest absolute Gasteiger partial charge is 0.239 e. The lowest BCUT2D eigenvalue weighted by Gasteiger charge is -2.13. The number of nitrogens with zero attached hydrogens (tertiary/aromatic N) is 1. The van der Waals surface area contributed by atoms with Gasteiger partial charge in [-0.05, 0) is 25.0 Å². The van der Waals surface area contributed by atoms with Gasteiger partial charge in [-0.2, -0.15) is 4.98 Å². The number of anilines is 2. The zero-order chi connectivity index (χ0) is 13.4. The van der Waals surface area contributed by atoms with E-state index >= 15 is 0 Å². The molecule has 0 spiro atoms. The lowest BCUT2D eigenvalue weighted by atomic mass is 10.2. The van der Waals surface area contributed by atoms with Gasteiger partial charge in [0.1, 0.15) is 5.82 Å². The van der Waals surface area contributed by atoms with Crippen LogP contribution in [0.5, 0.6) is 5.88 Å². The molecule has 0 radical (unpaired) electrons. The van der Waals surface area contributed by atoms with Gasteiger partial charge in [0.05, 0.1) is 18.4 Å². The second-order valence-electron chi connectivity index (χ2n) is 4.26. The van der Waals surface area contributed by atoms with Crippen molar-refractivity contribution < 1.29 is 9.84 Å². The Labute approximate surface area is 108 Å². The largest absolute Gasteiger partial charge is 0.476 e. The Kier molecular flexibility index (Phi) is 6.28. The summed E-state index contributed by atoms with van der Waals surface area (Å²) in [7, 11) is 0. The molecule has 0 aliphatic heterocycles. The number of ether oxygens (including phenoxy) is 1. The fourth-order valence-electron chi connectivity index (χ4n) is 1.52. The third-order valence-corrected chi connectivity index (χ3v) is 2.47. The Hall–Kier alpha value is -1.49. The molecule has 0 aliphatic rings. The molecule has 1 heterocycles. The van der Waals surface area contributed by atoms with Crippen molar-refractivity contribution in [3.8, 4) is 5.88 Å². The first-order chi connectivity index (χ1) is 8.67. The van der Waals surface area contributed by atoms with E-state index in [1.807, 2.05) is 13.8 Å². The average Bonchev–Trinajstić information content (AvgIpc) is 2.36. The van der Waals surface area contributed by atoms with Crippen LogP contribution in [0.1, 0.15) is 33.1 Å². The summed E-state index contributed by atoms with van der Waals surface area (Å²) >= 11 is 0. The number of aliphatic hydroxyl groups excluding tert-OH is 1. The van der Waals surface area contributed by atoms with Gasteiger partial charge in [0.15, 0.2) is 0 Å². The van der Waals surface area contributed by atoms with E-state index in [9.17, 15) is 5.11 Å². The Bertz CT molecular complexity index is 358. The van der Waals surface area contributed by atoms with Gasteiger partial charge in [0.2, 0.25) is 5.88 Å². The summed E-state index contributed by atoms with van der Waals surface area (Å²) in [6.07, 6.45) is 2.30. The predicted octanol–water partition coefficient (Wildman–Crippen LogP) is 2.03. The van der Waals surface area contributed by atoms with E-state index in [4.69, 9.17) is 10.5 Å². The summed E-state index contributed by atoms with van der Waals surface area (Å²) in [5, 5.41) is 12.7. The van der Waals surface area contributed by atoms with Gasteiger partial charge in [-0.15, -0.1) is 0 Å². The molecular weight excluding hydrogens is 230 g/mol. The van der Waals surface area contributed by atoms with E-state index in [1.165, 1.54) is 0 Å². The molecule has 0 aliphatic carbocycles. The summed E-state index contributed by atoms with van der Waals surface area (Å²) in [6, 6.07) is 3.54. The van der Waals surface area contributed by atoms with E-state index in [2.05, 4.69) is 10.3 Å². The molecule has 1 unspecified atom stereocenters. The Balaban J connectivity index is 2.55. The van der Waals surface area contributed by atoms with Crippen LogP contribution in [0.4, 0.5) is 11.5 Å². The molecule has 5 heteroatoms. The molecule has 1 aromatic rings. The molecule has 0 saturated heterocycles. The van der Waals surface area contributed by atoms with E-state index in [1.54, 1.807) is 12.1 Å². The minimum atomic E-state index is -0.352. The number of nitrogens with two attached hydrogens (primary N) is 1. The number of pyridine rings is 1. The molecule has 1 aromatic heterocycles. The van der Waals surface area contributed by atoms with Gasteiger partial charge in [0.25, 0.3) is 0 Å². The van der Waals surface area contributed by atoms with Crippen LogP contribution in [0.25, 0.3) is 0 Å². The van der Waals surface area contributed by atoms with Crippen molar-refractivity contribution in [3.05, 3.63) is 12.1 Å². The van der Waals surface area contributed by atoms with Crippen molar-refractivity contribution in [2.75, 3.05) is 24.2 Å². The Morgan fingerprint density at radius 3 is 2.83 bits per heavy atom. The van der Waals surface area contributed by atoms with Crippen LogP contribution in [0.2, 0.25) is 0 Å². The molecule has 18 heavy (non-hydrogen) atoms. The number of aromatic nitrogens is 1. The fraction of sp³-hybridized carbons (Fsp3) is 0.615. The summed E-state index contributed by atoms with van der Waals surface area (Å²) < 4.78 is 5.44. The molecule has 0 fully saturated rings. The monoisotopic (exact) mass is 253 g/mol. The van der Waals surface area contributed by atoms with Crippen molar-refractivity contribution in [1.29, 1.82) is 0 Å². The highest BCUT2D eigenvalue weighted by molar-refractivity contribution is 5.53. The molecule has 4 N–H and O–H groups in total. The maximum Gasteiger partial charge on any atom is 0.239 e. The molecule has 1 rings (SSSR count). The zero-order valence-electron chi connectivity index (χ0n) is 11.1. The quantitative estimate of drug-likeness (QED) is 0.660. The maximum atomic E-state index is 9.63. The molecule has 0 saturated carbocycles. The number of rotatable bonds is 8. The zero-order valence-corrected chi connectivity index (χ0v) is 11.1. The van der Waals surface area contributed by atoms with Crippen LogP contribution in [-0.4, -0.2) is 29.3 Å². The first-order valence-electron chi connectivity index (χ1n) is 6.48. The van der Waals surface area contributed by atoms with E-state index in [0.29, 0.717) is 30.5 Å². The number of aliphatic hydroxyl groups is 1. The predicted molar refractivity (Wildman–Crippen MR) is 73.8 cm³/mol. The molecule has 5 nitrogen and oxygen atoms in total. The van der Waals surface area contributed by atoms with Gasteiger partial charge in [-0.25, -0.2) is 0 Å². The molecular formula is C13H23N3O2. The van der Waals surface area contributed by atoms with Crippen LogP contribution in [0.3, 0.4) is 0 Å². The minimum absolute atomic E-state index is 0.352. The van der Waals surface area contributed by atoms with Gasteiger partial charge in [0, 0.05) is 6.54 Å².